The molecule has 27 heavy (non-hydrogen) atoms. The highest BCUT2D eigenvalue weighted by Gasteiger charge is 2.38. The molecule has 2 aliphatic rings. The number of carbonyl (C=O) groups is 2. The summed E-state index contributed by atoms with van der Waals surface area (Å²) < 4.78 is 0. The average molecular weight is 372 g/mol. The second kappa shape index (κ2) is 9.36. The van der Waals surface area contributed by atoms with Crippen LogP contribution < -0.4 is 10.6 Å². The van der Waals surface area contributed by atoms with Crippen molar-refractivity contribution in [3.05, 3.63) is 35.4 Å². The van der Waals surface area contributed by atoms with Crippen molar-refractivity contribution in [2.24, 2.45) is 5.92 Å². The molecule has 0 radical (unpaired) electrons. The second-order valence-electron chi connectivity index (χ2n) is 8.14. The molecule has 1 heterocycles. The van der Waals surface area contributed by atoms with Gasteiger partial charge in [-0.1, -0.05) is 37.0 Å². The fourth-order valence-corrected chi connectivity index (χ4v) is 4.45. The molecule has 0 unspecified atom stereocenters. The number of benzene rings is 1. The first-order valence-corrected chi connectivity index (χ1v) is 10.5. The Morgan fingerprint density at radius 1 is 1.11 bits per heavy atom. The standard InChI is InChI=1S/C22H33N3O2/c1-3-23-22(27)20-13-19(15-25(20)14-17-7-5-4-6-8-17)24-21(26)18-11-9-16(2)10-12-18/h9-12,17,19-20H,3-8,13-15H2,1-2H3,(H,23,27)(H,24,26)/t19-,20-/m0/s1. The average Bonchev–Trinajstić information content (AvgIpc) is 3.05. The third-order valence-electron chi connectivity index (χ3n) is 5.92. The highest BCUT2D eigenvalue weighted by Crippen LogP contribution is 2.28. The van der Waals surface area contributed by atoms with Gasteiger partial charge in [0, 0.05) is 31.2 Å². The van der Waals surface area contributed by atoms with Gasteiger partial charge >= 0.3 is 0 Å². The first-order valence-electron chi connectivity index (χ1n) is 10.5. The van der Waals surface area contributed by atoms with E-state index in [-0.39, 0.29) is 23.9 Å². The van der Waals surface area contributed by atoms with Crippen LogP contribution in [0.25, 0.3) is 0 Å². The van der Waals surface area contributed by atoms with Crippen molar-refractivity contribution in [3.8, 4) is 0 Å². The maximum Gasteiger partial charge on any atom is 0.251 e. The van der Waals surface area contributed by atoms with Crippen molar-refractivity contribution < 1.29 is 9.59 Å². The van der Waals surface area contributed by atoms with Crippen LogP contribution in [0.3, 0.4) is 0 Å². The van der Waals surface area contributed by atoms with Crippen LogP contribution in [0.15, 0.2) is 24.3 Å². The molecule has 2 N–H and O–H groups in total. The number of amides is 2. The van der Waals surface area contributed by atoms with Gasteiger partial charge in [-0.15, -0.1) is 0 Å². The summed E-state index contributed by atoms with van der Waals surface area (Å²) in [4.78, 5) is 27.5. The summed E-state index contributed by atoms with van der Waals surface area (Å²) in [7, 11) is 0. The fraction of sp³-hybridized carbons (Fsp3) is 0.636. The summed E-state index contributed by atoms with van der Waals surface area (Å²) in [6.07, 6.45) is 7.16. The topological polar surface area (TPSA) is 61.4 Å². The van der Waals surface area contributed by atoms with Crippen molar-refractivity contribution in [1.29, 1.82) is 0 Å². The predicted molar refractivity (Wildman–Crippen MR) is 108 cm³/mol. The summed E-state index contributed by atoms with van der Waals surface area (Å²) in [5.74, 6) is 0.733. The Bertz CT molecular complexity index is 637. The van der Waals surface area contributed by atoms with Gasteiger partial charge in [-0.2, -0.15) is 0 Å². The zero-order valence-electron chi connectivity index (χ0n) is 16.7. The Labute approximate surface area is 162 Å². The first kappa shape index (κ1) is 19.9. The number of aryl methyl sites for hydroxylation is 1. The molecular weight excluding hydrogens is 338 g/mol. The molecule has 0 aromatic heterocycles. The van der Waals surface area contributed by atoms with E-state index >= 15 is 0 Å². The van der Waals surface area contributed by atoms with Gasteiger partial charge in [-0.25, -0.2) is 0 Å². The minimum absolute atomic E-state index is 0.0231. The minimum atomic E-state index is -0.129. The van der Waals surface area contributed by atoms with E-state index in [9.17, 15) is 9.59 Å². The fourth-order valence-electron chi connectivity index (χ4n) is 4.45. The van der Waals surface area contributed by atoms with Gasteiger partial charge in [0.25, 0.3) is 5.91 Å². The van der Waals surface area contributed by atoms with Gasteiger partial charge < -0.3 is 10.6 Å². The number of rotatable bonds is 6. The molecule has 1 aromatic rings. The molecule has 0 spiro atoms. The molecule has 2 amide bonds. The molecule has 1 aliphatic heterocycles. The largest absolute Gasteiger partial charge is 0.355 e. The number of hydrogen-bond acceptors (Lipinski definition) is 3. The van der Waals surface area contributed by atoms with Crippen LogP contribution >= 0.6 is 0 Å². The van der Waals surface area contributed by atoms with E-state index in [1.165, 1.54) is 32.1 Å². The molecular formula is C22H33N3O2. The summed E-state index contributed by atoms with van der Waals surface area (Å²) in [6, 6.07) is 7.53. The molecule has 1 aromatic carbocycles. The van der Waals surface area contributed by atoms with Crippen LogP contribution in [0.4, 0.5) is 0 Å². The van der Waals surface area contributed by atoms with Crippen LogP contribution in [0.5, 0.6) is 0 Å². The third-order valence-corrected chi connectivity index (χ3v) is 5.92. The first-order chi connectivity index (χ1) is 13.1. The molecule has 2 fully saturated rings. The highest BCUT2D eigenvalue weighted by molar-refractivity contribution is 5.94. The van der Waals surface area contributed by atoms with Gasteiger partial charge in [0.1, 0.15) is 0 Å². The molecule has 5 nitrogen and oxygen atoms in total. The van der Waals surface area contributed by atoms with E-state index < -0.39 is 0 Å². The molecule has 2 atom stereocenters. The van der Waals surface area contributed by atoms with Crippen LogP contribution in [0.2, 0.25) is 0 Å². The van der Waals surface area contributed by atoms with Gasteiger partial charge in [-0.05, 0) is 51.2 Å². The molecule has 148 valence electrons. The van der Waals surface area contributed by atoms with Gasteiger partial charge in [0.2, 0.25) is 5.91 Å². The Morgan fingerprint density at radius 2 is 1.81 bits per heavy atom. The van der Waals surface area contributed by atoms with E-state index in [0.717, 1.165) is 18.7 Å². The van der Waals surface area contributed by atoms with Gasteiger partial charge in [0.05, 0.1) is 6.04 Å². The smallest absolute Gasteiger partial charge is 0.251 e. The maximum atomic E-state index is 12.6. The van der Waals surface area contributed by atoms with Crippen LogP contribution in [-0.2, 0) is 4.79 Å². The number of likely N-dealkylation sites (tertiary alicyclic amines) is 1. The van der Waals surface area contributed by atoms with Crippen molar-refractivity contribution in [3.63, 3.8) is 0 Å². The third kappa shape index (κ3) is 5.32. The van der Waals surface area contributed by atoms with E-state index in [1.807, 2.05) is 38.1 Å². The van der Waals surface area contributed by atoms with Crippen molar-refractivity contribution in [2.45, 2.75) is 64.5 Å². The molecule has 5 heteroatoms. The van der Waals surface area contributed by atoms with Gasteiger partial charge in [0.15, 0.2) is 0 Å². The number of nitrogens with one attached hydrogen (secondary N) is 2. The van der Waals surface area contributed by atoms with Crippen molar-refractivity contribution in [1.82, 2.24) is 15.5 Å². The lowest BCUT2D eigenvalue weighted by Gasteiger charge is -2.30. The lowest BCUT2D eigenvalue weighted by atomic mass is 9.89. The molecule has 0 bridgehead atoms. The summed E-state index contributed by atoms with van der Waals surface area (Å²) in [5.41, 5.74) is 1.82. The van der Waals surface area contributed by atoms with E-state index in [0.29, 0.717) is 24.4 Å². The SMILES string of the molecule is CCNC(=O)[C@@H]1C[C@H](NC(=O)c2ccc(C)cc2)CN1CC1CCCCC1. The lowest BCUT2D eigenvalue weighted by molar-refractivity contribution is -0.125. The second-order valence-corrected chi connectivity index (χ2v) is 8.14. The van der Waals surface area contributed by atoms with Crippen LogP contribution in [0, 0.1) is 12.8 Å². The molecule has 1 saturated heterocycles. The number of likely N-dealkylation sites (N-methyl/N-ethyl adjacent to an activating group) is 1. The molecule has 1 aliphatic carbocycles. The van der Waals surface area contributed by atoms with E-state index in [1.54, 1.807) is 0 Å². The van der Waals surface area contributed by atoms with Crippen LogP contribution in [0.1, 0.15) is 61.4 Å². The minimum Gasteiger partial charge on any atom is -0.355 e. The van der Waals surface area contributed by atoms with E-state index in [4.69, 9.17) is 0 Å². The summed E-state index contributed by atoms with van der Waals surface area (Å²) >= 11 is 0. The number of hydrogen-bond donors (Lipinski definition) is 2. The number of carbonyl (C=O) groups excluding carboxylic acids is 2. The van der Waals surface area contributed by atoms with Crippen LogP contribution in [-0.4, -0.2) is 48.4 Å². The van der Waals surface area contributed by atoms with E-state index in [2.05, 4.69) is 15.5 Å². The zero-order chi connectivity index (χ0) is 19.2. The maximum absolute atomic E-state index is 12.6. The Morgan fingerprint density at radius 3 is 2.48 bits per heavy atom. The zero-order valence-corrected chi connectivity index (χ0v) is 16.7. The van der Waals surface area contributed by atoms with Crippen molar-refractivity contribution in [2.75, 3.05) is 19.6 Å². The Balaban J connectivity index is 1.63. The normalized spacial score (nSPS) is 23.9. The summed E-state index contributed by atoms with van der Waals surface area (Å²) in [6.45, 7) is 6.34. The lowest BCUT2D eigenvalue weighted by Crippen LogP contribution is -2.45. The highest BCUT2D eigenvalue weighted by atomic mass is 16.2. The monoisotopic (exact) mass is 371 g/mol. The summed E-state index contributed by atoms with van der Waals surface area (Å²) in [5, 5.41) is 6.12. The predicted octanol–water partition coefficient (Wildman–Crippen LogP) is 2.88. The van der Waals surface area contributed by atoms with Gasteiger partial charge in [-0.3, -0.25) is 14.5 Å². The quantitative estimate of drug-likeness (QED) is 0.808. The Kier molecular flexibility index (Phi) is 6.89. The molecule has 3 rings (SSSR count). The number of nitrogens with zero attached hydrogens (tertiary/aromatic N) is 1. The Hall–Kier alpha value is -1.88. The molecule has 1 saturated carbocycles. The van der Waals surface area contributed by atoms with Crippen molar-refractivity contribution >= 4 is 11.8 Å².